The Bertz CT molecular complexity index is 246. The predicted octanol–water partition coefficient (Wildman–Crippen LogP) is 1.78. The molecule has 3 nitrogen and oxygen atoms in total. The average molecular weight is 278 g/mol. The average Bonchev–Trinajstić information content (AvgIpc) is 2.10. The van der Waals surface area contributed by atoms with E-state index < -0.39 is 18.5 Å². The van der Waals surface area contributed by atoms with E-state index in [0.29, 0.717) is 0 Å². The van der Waals surface area contributed by atoms with Gasteiger partial charge >= 0.3 is 6.18 Å². The van der Waals surface area contributed by atoms with Crippen molar-refractivity contribution >= 4 is 22.6 Å². The highest BCUT2D eigenvalue weighted by Gasteiger charge is 2.30. The largest absolute Gasteiger partial charge is 0.416 e. The maximum absolute atomic E-state index is 11.6. The zero-order valence-corrected chi connectivity index (χ0v) is 7.18. The van der Waals surface area contributed by atoms with Crippen LogP contribution in [0.2, 0.25) is 0 Å². The Morgan fingerprint density at radius 2 is 2.00 bits per heavy atom. The van der Waals surface area contributed by atoms with E-state index in [1.165, 1.54) is 0 Å². The van der Waals surface area contributed by atoms with Crippen LogP contribution >= 0.6 is 22.6 Å². The molecule has 0 amide bonds. The summed E-state index contributed by atoms with van der Waals surface area (Å²) in [4.78, 5) is 0. The molecule has 1 rings (SSSR count). The van der Waals surface area contributed by atoms with Gasteiger partial charge in [0.15, 0.2) is 0 Å². The van der Waals surface area contributed by atoms with Crippen LogP contribution in [0.1, 0.15) is 5.89 Å². The molecular weight excluding hydrogens is 276 g/mol. The standard InChI is InChI=1S/C4H2F3IN2O/c5-4(6,7)1-2-9-10-3(8)11-2/h1H2. The van der Waals surface area contributed by atoms with Crippen LogP contribution < -0.4 is 0 Å². The summed E-state index contributed by atoms with van der Waals surface area (Å²) in [6, 6.07) is 0. The van der Waals surface area contributed by atoms with Crippen molar-refractivity contribution in [3.8, 4) is 0 Å². The Morgan fingerprint density at radius 3 is 2.36 bits per heavy atom. The molecule has 0 unspecified atom stereocenters. The van der Waals surface area contributed by atoms with Crippen LogP contribution in [0.15, 0.2) is 4.42 Å². The van der Waals surface area contributed by atoms with E-state index in [1.54, 1.807) is 22.6 Å². The summed E-state index contributed by atoms with van der Waals surface area (Å²) in [5.74, 6) is -0.401. The molecule has 1 aromatic rings. The van der Waals surface area contributed by atoms with Crippen molar-refractivity contribution in [2.75, 3.05) is 0 Å². The number of alkyl halides is 3. The Labute approximate surface area is 73.1 Å². The Kier molecular flexibility index (Phi) is 2.35. The molecule has 62 valence electrons. The van der Waals surface area contributed by atoms with E-state index in [0.717, 1.165) is 0 Å². The number of rotatable bonds is 1. The molecule has 0 saturated heterocycles. The molecule has 0 aliphatic heterocycles. The van der Waals surface area contributed by atoms with Crippen LogP contribution in [-0.4, -0.2) is 16.4 Å². The van der Waals surface area contributed by atoms with Gasteiger partial charge in [-0.3, -0.25) is 0 Å². The zero-order valence-electron chi connectivity index (χ0n) is 5.02. The smallest absolute Gasteiger partial charge is 0.397 e. The van der Waals surface area contributed by atoms with Crippen molar-refractivity contribution < 1.29 is 17.6 Å². The fraction of sp³-hybridized carbons (Fsp3) is 0.500. The van der Waals surface area contributed by atoms with Gasteiger partial charge in [0, 0.05) is 22.6 Å². The summed E-state index contributed by atoms with van der Waals surface area (Å²) < 4.78 is 39.5. The highest BCUT2D eigenvalue weighted by molar-refractivity contribution is 14.1. The lowest BCUT2D eigenvalue weighted by Crippen LogP contribution is -2.11. The molecule has 0 radical (unpaired) electrons. The lowest BCUT2D eigenvalue weighted by Gasteiger charge is -1.99. The first-order valence-corrected chi connectivity index (χ1v) is 3.60. The summed E-state index contributed by atoms with van der Waals surface area (Å²) in [5.41, 5.74) is 0. The van der Waals surface area contributed by atoms with Crippen LogP contribution in [0.3, 0.4) is 0 Å². The van der Waals surface area contributed by atoms with Gasteiger partial charge in [0.2, 0.25) is 5.89 Å². The van der Waals surface area contributed by atoms with Gasteiger partial charge in [0.1, 0.15) is 6.42 Å². The second kappa shape index (κ2) is 2.95. The lowest BCUT2D eigenvalue weighted by molar-refractivity contribution is -0.130. The molecule has 11 heavy (non-hydrogen) atoms. The maximum atomic E-state index is 11.6. The van der Waals surface area contributed by atoms with Gasteiger partial charge < -0.3 is 4.42 Å². The van der Waals surface area contributed by atoms with Crippen molar-refractivity contribution in [2.24, 2.45) is 0 Å². The lowest BCUT2D eigenvalue weighted by atomic mass is 10.4. The maximum Gasteiger partial charge on any atom is 0.397 e. The molecule has 0 aliphatic rings. The summed E-state index contributed by atoms with van der Waals surface area (Å²) in [5, 5.41) is 6.43. The summed E-state index contributed by atoms with van der Waals surface area (Å²) in [6.45, 7) is 0. The van der Waals surface area contributed by atoms with Crippen molar-refractivity contribution in [3.63, 3.8) is 0 Å². The van der Waals surface area contributed by atoms with Crippen LogP contribution in [-0.2, 0) is 6.42 Å². The summed E-state index contributed by atoms with van der Waals surface area (Å²) in [6.07, 6.45) is -5.45. The third kappa shape index (κ3) is 3.04. The molecule has 0 N–H and O–H groups in total. The molecule has 1 aromatic heterocycles. The predicted molar refractivity (Wildman–Crippen MR) is 36.8 cm³/mol. The van der Waals surface area contributed by atoms with Gasteiger partial charge in [-0.1, -0.05) is 0 Å². The summed E-state index contributed by atoms with van der Waals surface area (Å²) >= 11 is 1.64. The highest BCUT2D eigenvalue weighted by atomic mass is 127. The molecule has 7 heteroatoms. The minimum atomic E-state index is -4.28. The van der Waals surface area contributed by atoms with Crippen molar-refractivity contribution in [1.82, 2.24) is 10.2 Å². The van der Waals surface area contributed by atoms with Gasteiger partial charge in [-0.15, -0.1) is 10.2 Å². The quantitative estimate of drug-likeness (QED) is 0.735. The van der Waals surface area contributed by atoms with E-state index >= 15 is 0 Å². The zero-order chi connectivity index (χ0) is 8.48. The Hall–Kier alpha value is -0.340. The second-order valence-electron chi connectivity index (χ2n) is 1.74. The SMILES string of the molecule is FC(F)(F)Cc1nnc(I)o1. The topological polar surface area (TPSA) is 38.9 Å². The van der Waals surface area contributed by atoms with Crippen LogP contribution in [0.25, 0.3) is 0 Å². The number of nitrogens with zero attached hydrogens (tertiary/aromatic N) is 2. The van der Waals surface area contributed by atoms with Crippen molar-refractivity contribution in [2.45, 2.75) is 12.6 Å². The second-order valence-corrected chi connectivity index (χ2v) is 2.66. The monoisotopic (exact) mass is 278 g/mol. The van der Waals surface area contributed by atoms with Crippen LogP contribution in [0, 0.1) is 3.90 Å². The molecule has 0 saturated carbocycles. The molecular formula is C4H2F3IN2O. The third-order valence-corrected chi connectivity index (χ3v) is 1.23. The van der Waals surface area contributed by atoms with Gasteiger partial charge in [-0.05, 0) is 0 Å². The van der Waals surface area contributed by atoms with E-state index in [9.17, 15) is 13.2 Å². The summed E-state index contributed by atoms with van der Waals surface area (Å²) in [7, 11) is 0. The minimum Gasteiger partial charge on any atom is -0.416 e. The molecule has 0 atom stereocenters. The van der Waals surface area contributed by atoms with Crippen LogP contribution in [0.4, 0.5) is 13.2 Å². The minimum absolute atomic E-state index is 0.113. The van der Waals surface area contributed by atoms with Crippen LogP contribution in [0.5, 0.6) is 0 Å². The van der Waals surface area contributed by atoms with Gasteiger partial charge in [0.05, 0.1) is 0 Å². The Morgan fingerprint density at radius 1 is 1.36 bits per heavy atom. The molecule has 0 aliphatic carbocycles. The third-order valence-electron chi connectivity index (χ3n) is 0.794. The van der Waals surface area contributed by atoms with E-state index in [4.69, 9.17) is 0 Å². The van der Waals surface area contributed by atoms with Gasteiger partial charge in [-0.25, -0.2) is 0 Å². The normalized spacial score (nSPS) is 12.0. The van der Waals surface area contributed by atoms with Gasteiger partial charge in [0.25, 0.3) is 3.90 Å². The molecule has 0 bridgehead atoms. The Balaban J connectivity index is 2.65. The highest BCUT2D eigenvalue weighted by Crippen LogP contribution is 2.20. The molecule has 1 heterocycles. The number of hydrogen-bond acceptors (Lipinski definition) is 3. The first-order chi connectivity index (χ1) is 4.97. The first kappa shape index (κ1) is 8.75. The van der Waals surface area contributed by atoms with Gasteiger partial charge in [-0.2, -0.15) is 13.2 Å². The molecule has 0 aromatic carbocycles. The van der Waals surface area contributed by atoms with E-state index in [-0.39, 0.29) is 3.90 Å². The van der Waals surface area contributed by atoms with E-state index in [1.807, 2.05) is 0 Å². The molecule has 0 fully saturated rings. The molecule has 0 spiro atoms. The van der Waals surface area contributed by atoms with E-state index in [2.05, 4.69) is 14.6 Å². The fourth-order valence-corrected chi connectivity index (χ4v) is 0.838. The number of halogens is 4. The van der Waals surface area contributed by atoms with Crippen molar-refractivity contribution in [1.29, 1.82) is 0 Å². The first-order valence-electron chi connectivity index (χ1n) is 2.52. The number of aromatic nitrogens is 2. The van der Waals surface area contributed by atoms with Crippen molar-refractivity contribution in [3.05, 3.63) is 9.79 Å². The fourth-order valence-electron chi connectivity index (χ4n) is 0.476. The number of hydrogen-bond donors (Lipinski definition) is 0.